The molecule has 2 heteroatoms. The number of benzene rings is 1. The molecule has 3 rings (SSSR count). The topological polar surface area (TPSA) is 12.0 Å². The summed E-state index contributed by atoms with van der Waals surface area (Å²) in [6.45, 7) is 7.68. The van der Waals surface area contributed by atoms with Crippen molar-refractivity contribution in [3.8, 4) is 0 Å². The molecule has 0 aliphatic heterocycles. The average molecular weight is 306 g/mol. The van der Waals surface area contributed by atoms with Crippen molar-refractivity contribution in [1.29, 1.82) is 0 Å². The van der Waals surface area contributed by atoms with E-state index in [0.29, 0.717) is 6.04 Å². The van der Waals surface area contributed by atoms with Crippen LogP contribution in [0.25, 0.3) is 0 Å². The minimum absolute atomic E-state index is 0.451. The molecule has 2 aliphatic rings. The van der Waals surface area contributed by atoms with Gasteiger partial charge in [-0.05, 0) is 86.6 Å². The van der Waals surface area contributed by atoms with Gasteiger partial charge >= 0.3 is 0 Å². The highest BCUT2D eigenvalue weighted by Gasteiger charge is 2.43. The van der Waals surface area contributed by atoms with E-state index in [1.54, 1.807) is 0 Å². The minimum atomic E-state index is 0.451. The second-order valence-corrected chi connectivity index (χ2v) is 7.64. The van der Waals surface area contributed by atoms with Gasteiger partial charge in [0, 0.05) is 11.1 Å². The van der Waals surface area contributed by atoms with Gasteiger partial charge in [-0.3, -0.25) is 0 Å². The highest BCUT2D eigenvalue weighted by Crippen LogP contribution is 2.53. The third kappa shape index (κ3) is 3.00. The van der Waals surface area contributed by atoms with Gasteiger partial charge in [0.15, 0.2) is 0 Å². The number of halogens is 1. The van der Waals surface area contributed by atoms with Crippen LogP contribution in [-0.2, 0) is 0 Å². The third-order valence-electron chi connectivity index (χ3n) is 5.78. The zero-order valence-electron chi connectivity index (χ0n) is 13.6. The Balaban J connectivity index is 1.90. The number of nitrogens with one attached hydrogen (secondary N) is 1. The zero-order chi connectivity index (χ0) is 15.0. The number of hydrogen-bond acceptors (Lipinski definition) is 1. The Labute approximate surface area is 134 Å². The van der Waals surface area contributed by atoms with Crippen LogP contribution in [0.2, 0.25) is 5.02 Å². The van der Waals surface area contributed by atoms with Crippen molar-refractivity contribution in [3.05, 3.63) is 33.8 Å². The Bertz CT molecular complexity index is 511. The van der Waals surface area contributed by atoms with Crippen LogP contribution < -0.4 is 5.32 Å². The molecule has 2 aliphatic carbocycles. The van der Waals surface area contributed by atoms with Crippen molar-refractivity contribution in [1.82, 2.24) is 5.32 Å². The van der Waals surface area contributed by atoms with Gasteiger partial charge in [-0.2, -0.15) is 0 Å². The monoisotopic (exact) mass is 305 g/mol. The quantitative estimate of drug-likeness (QED) is 0.764. The van der Waals surface area contributed by atoms with Crippen molar-refractivity contribution in [2.75, 3.05) is 6.54 Å². The van der Waals surface area contributed by atoms with Gasteiger partial charge in [0.25, 0.3) is 0 Å². The molecule has 1 N–H and O–H groups in total. The maximum Gasteiger partial charge on any atom is 0.0456 e. The molecule has 1 aromatic carbocycles. The van der Waals surface area contributed by atoms with E-state index >= 15 is 0 Å². The Kier molecular flexibility index (Phi) is 4.61. The van der Waals surface area contributed by atoms with E-state index in [4.69, 9.17) is 11.6 Å². The van der Waals surface area contributed by atoms with Crippen LogP contribution >= 0.6 is 11.6 Å². The normalized spacial score (nSPS) is 29.0. The summed E-state index contributed by atoms with van der Waals surface area (Å²) in [4.78, 5) is 0. The molecule has 0 heterocycles. The fraction of sp³-hybridized carbons (Fsp3) is 0.684. The molecule has 0 saturated heterocycles. The van der Waals surface area contributed by atoms with Gasteiger partial charge in [0.05, 0.1) is 0 Å². The van der Waals surface area contributed by atoms with Crippen LogP contribution in [0.4, 0.5) is 0 Å². The van der Waals surface area contributed by atoms with Crippen LogP contribution in [0.15, 0.2) is 12.1 Å². The maximum atomic E-state index is 6.62. The molecule has 0 amide bonds. The van der Waals surface area contributed by atoms with Crippen molar-refractivity contribution >= 4 is 11.6 Å². The molecule has 2 fully saturated rings. The van der Waals surface area contributed by atoms with Gasteiger partial charge in [-0.25, -0.2) is 0 Å². The van der Waals surface area contributed by atoms with Crippen molar-refractivity contribution in [2.24, 2.45) is 17.8 Å². The van der Waals surface area contributed by atoms with E-state index in [1.165, 1.54) is 48.8 Å². The van der Waals surface area contributed by atoms with E-state index in [9.17, 15) is 0 Å². The molecule has 2 saturated carbocycles. The first-order chi connectivity index (χ1) is 10.1. The zero-order valence-corrected chi connectivity index (χ0v) is 14.3. The van der Waals surface area contributed by atoms with Crippen LogP contribution in [0.3, 0.4) is 0 Å². The Hall–Kier alpha value is -0.530. The Morgan fingerprint density at radius 1 is 1.19 bits per heavy atom. The molecule has 21 heavy (non-hydrogen) atoms. The predicted octanol–water partition coefficient (Wildman–Crippen LogP) is 5.43. The van der Waals surface area contributed by atoms with Crippen molar-refractivity contribution in [2.45, 2.75) is 58.9 Å². The largest absolute Gasteiger partial charge is 0.310 e. The Morgan fingerprint density at radius 2 is 1.95 bits per heavy atom. The first-order valence-electron chi connectivity index (χ1n) is 8.60. The third-order valence-corrected chi connectivity index (χ3v) is 6.11. The molecule has 1 aromatic rings. The first-order valence-corrected chi connectivity index (χ1v) is 8.98. The summed E-state index contributed by atoms with van der Waals surface area (Å²) < 4.78 is 0. The lowest BCUT2D eigenvalue weighted by Crippen LogP contribution is -2.32. The highest BCUT2D eigenvalue weighted by molar-refractivity contribution is 6.31. The van der Waals surface area contributed by atoms with Crippen LogP contribution in [0.5, 0.6) is 0 Å². The van der Waals surface area contributed by atoms with Gasteiger partial charge in [0.1, 0.15) is 0 Å². The fourth-order valence-corrected chi connectivity index (χ4v) is 4.87. The second-order valence-electron chi connectivity index (χ2n) is 7.23. The summed E-state index contributed by atoms with van der Waals surface area (Å²) in [7, 11) is 0. The molecular weight excluding hydrogens is 278 g/mol. The maximum absolute atomic E-state index is 6.62. The molecular formula is C19H28ClN. The summed E-state index contributed by atoms with van der Waals surface area (Å²) in [5.74, 6) is 2.69. The van der Waals surface area contributed by atoms with Crippen molar-refractivity contribution in [3.63, 3.8) is 0 Å². The van der Waals surface area contributed by atoms with Crippen molar-refractivity contribution < 1.29 is 0 Å². The standard InChI is InChI=1S/C19H28ClN/c1-4-7-21-19(16-11-14-5-6-15(16)10-14)17-8-12(2)13(3)9-18(17)20/h8-9,14-16,19,21H,4-7,10-11H2,1-3H3. The first kappa shape index (κ1) is 15.4. The van der Waals surface area contributed by atoms with E-state index in [2.05, 4.69) is 38.2 Å². The molecule has 2 bridgehead atoms. The smallest absolute Gasteiger partial charge is 0.0456 e. The lowest BCUT2D eigenvalue weighted by atomic mass is 9.80. The Morgan fingerprint density at radius 3 is 2.57 bits per heavy atom. The average Bonchev–Trinajstić information content (AvgIpc) is 3.07. The van der Waals surface area contributed by atoms with Gasteiger partial charge in [0.2, 0.25) is 0 Å². The molecule has 0 radical (unpaired) electrons. The predicted molar refractivity (Wildman–Crippen MR) is 90.9 cm³/mol. The second kappa shape index (κ2) is 6.30. The summed E-state index contributed by atoms with van der Waals surface area (Å²) in [5, 5.41) is 4.77. The van der Waals surface area contributed by atoms with Crippen LogP contribution in [0, 0.1) is 31.6 Å². The van der Waals surface area contributed by atoms with E-state index in [-0.39, 0.29) is 0 Å². The van der Waals surface area contributed by atoms with Gasteiger partial charge in [-0.15, -0.1) is 0 Å². The van der Waals surface area contributed by atoms with Gasteiger partial charge in [-0.1, -0.05) is 31.0 Å². The molecule has 4 unspecified atom stereocenters. The molecule has 1 nitrogen and oxygen atoms in total. The number of hydrogen-bond donors (Lipinski definition) is 1. The molecule has 116 valence electrons. The lowest BCUT2D eigenvalue weighted by molar-refractivity contribution is 0.251. The summed E-state index contributed by atoms with van der Waals surface area (Å²) in [6.07, 6.45) is 6.93. The SMILES string of the molecule is CCCNC(c1cc(C)c(C)cc1Cl)C1CC2CCC1C2. The summed E-state index contributed by atoms with van der Waals surface area (Å²) in [5.41, 5.74) is 4.00. The molecule has 4 atom stereocenters. The summed E-state index contributed by atoms with van der Waals surface area (Å²) >= 11 is 6.62. The minimum Gasteiger partial charge on any atom is -0.310 e. The molecule has 0 spiro atoms. The number of rotatable bonds is 5. The molecule has 0 aromatic heterocycles. The van der Waals surface area contributed by atoms with E-state index < -0.39 is 0 Å². The lowest BCUT2D eigenvalue weighted by Gasteiger charge is -2.32. The van der Waals surface area contributed by atoms with Crippen LogP contribution in [-0.4, -0.2) is 6.54 Å². The van der Waals surface area contributed by atoms with E-state index in [0.717, 1.165) is 29.3 Å². The number of fused-ring (bicyclic) bond motifs is 2. The fourth-order valence-electron chi connectivity index (χ4n) is 4.54. The van der Waals surface area contributed by atoms with Crippen LogP contribution in [0.1, 0.15) is 61.8 Å². The van der Waals surface area contributed by atoms with E-state index in [1.807, 2.05) is 0 Å². The highest BCUT2D eigenvalue weighted by atomic mass is 35.5. The summed E-state index contributed by atoms with van der Waals surface area (Å²) in [6, 6.07) is 4.93. The number of aryl methyl sites for hydroxylation is 2. The van der Waals surface area contributed by atoms with Gasteiger partial charge < -0.3 is 5.32 Å².